The Bertz CT molecular complexity index is 975. The predicted octanol–water partition coefficient (Wildman–Crippen LogP) is 3.75. The number of carbonyl (C=O) groups excluding carboxylic acids is 2. The van der Waals surface area contributed by atoms with Crippen molar-refractivity contribution >= 4 is 23.2 Å². The van der Waals surface area contributed by atoms with Gasteiger partial charge in [0.2, 0.25) is 0 Å². The van der Waals surface area contributed by atoms with Crippen molar-refractivity contribution in [2.75, 3.05) is 37.5 Å². The van der Waals surface area contributed by atoms with Gasteiger partial charge in [-0.15, -0.1) is 0 Å². The minimum absolute atomic E-state index is 0.0613. The maximum Gasteiger partial charge on any atom is 0.257 e. The van der Waals surface area contributed by atoms with Crippen molar-refractivity contribution in [3.63, 3.8) is 0 Å². The van der Waals surface area contributed by atoms with E-state index in [2.05, 4.69) is 17.1 Å². The SMILES string of the molecule is CCN1c2cc(C(=O)Nc3ccc(OC)c(OC)c3)ccc2C(=O)N2CCCC[C@@H]21. The first-order valence-corrected chi connectivity index (χ1v) is 10.3. The lowest BCUT2D eigenvalue weighted by Gasteiger charge is -2.47. The van der Waals surface area contributed by atoms with Gasteiger partial charge in [0.15, 0.2) is 11.5 Å². The number of hydrogen-bond acceptors (Lipinski definition) is 5. The van der Waals surface area contributed by atoms with Crippen LogP contribution in [0.2, 0.25) is 0 Å². The number of rotatable bonds is 5. The van der Waals surface area contributed by atoms with Crippen LogP contribution in [0.25, 0.3) is 0 Å². The molecule has 0 radical (unpaired) electrons. The first-order valence-electron chi connectivity index (χ1n) is 10.3. The second-order valence-electron chi connectivity index (χ2n) is 7.52. The standard InChI is InChI=1S/C23H27N3O4/c1-4-25-18-13-15(8-10-17(18)23(28)26-12-6-5-7-21(25)26)22(27)24-16-9-11-19(29-2)20(14-16)30-3/h8-11,13-14,21H,4-7,12H2,1-3H3,(H,24,27)/t21-/m1/s1. The van der Waals surface area contributed by atoms with Crippen LogP contribution in [0, 0.1) is 0 Å². The van der Waals surface area contributed by atoms with Crippen LogP contribution in [0.5, 0.6) is 11.5 Å². The molecule has 2 amide bonds. The number of piperidine rings is 1. The Morgan fingerprint density at radius 3 is 2.63 bits per heavy atom. The minimum Gasteiger partial charge on any atom is -0.493 e. The Labute approximate surface area is 176 Å². The zero-order valence-corrected chi connectivity index (χ0v) is 17.6. The molecule has 30 heavy (non-hydrogen) atoms. The fourth-order valence-electron chi connectivity index (χ4n) is 4.38. The van der Waals surface area contributed by atoms with E-state index in [0.29, 0.717) is 28.3 Å². The van der Waals surface area contributed by atoms with Gasteiger partial charge in [-0.2, -0.15) is 0 Å². The fraction of sp³-hybridized carbons (Fsp3) is 0.391. The number of ether oxygens (including phenoxy) is 2. The monoisotopic (exact) mass is 409 g/mol. The van der Waals surface area contributed by atoms with Crippen LogP contribution in [0.4, 0.5) is 11.4 Å². The van der Waals surface area contributed by atoms with Gasteiger partial charge in [0.25, 0.3) is 11.8 Å². The summed E-state index contributed by atoms with van der Waals surface area (Å²) in [4.78, 5) is 30.1. The van der Waals surface area contributed by atoms with Crippen LogP contribution in [-0.2, 0) is 0 Å². The van der Waals surface area contributed by atoms with E-state index >= 15 is 0 Å². The van der Waals surface area contributed by atoms with E-state index in [-0.39, 0.29) is 18.0 Å². The molecule has 7 nitrogen and oxygen atoms in total. The largest absolute Gasteiger partial charge is 0.493 e. The van der Waals surface area contributed by atoms with E-state index < -0.39 is 0 Å². The number of fused-ring (bicyclic) bond motifs is 2. The highest BCUT2D eigenvalue weighted by atomic mass is 16.5. The second-order valence-corrected chi connectivity index (χ2v) is 7.52. The molecule has 2 aromatic rings. The highest BCUT2D eigenvalue weighted by Crippen LogP contribution is 2.36. The zero-order chi connectivity index (χ0) is 21.3. The Hall–Kier alpha value is -3.22. The van der Waals surface area contributed by atoms with E-state index in [4.69, 9.17) is 9.47 Å². The number of hydrogen-bond donors (Lipinski definition) is 1. The van der Waals surface area contributed by atoms with Gasteiger partial charge in [0, 0.05) is 30.4 Å². The molecule has 158 valence electrons. The van der Waals surface area contributed by atoms with Gasteiger partial charge in [-0.1, -0.05) is 0 Å². The van der Waals surface area contributed by atoms with Crippen molar-refractivity contribution in [2.45, 2.75) is 32.4 Å². The summed E-state index contributed by atoms with van der Waals surface area (Å²) < 4.78 is 10.5. The van der Waals surface area contributed by atoms with Crippen molar-refractivity contribution in [2.24, 2.45) is 0 Å². The van der Waals surface area contributed by atoms with E-state index in [1.807, 2.05) is 11.0 Å². The van der Waals surface area contributed by atoms with Crippen molar-refractivity contribution < 1.29 is 19.1 Å². The molecule has 0 bridgehead atoms. The van der Waals surface area contributed by atoms with E-state index in [9.17, 15) is 9.59 Å². The van der Waals surface area contributed by atoms with Gasteiger partial charge in [0.05, 0.1) is 25.5 Å². The molecule has 0 aromatic heterocycles. The highest BCUT2D eigenvalue weighted by molar-refractivity contribution is 6.08. The lowest BCUT2D eigenvalue weighted by Crippen LogP contribution is -2.57. The third-order valence-electron chi connectivity index (χ3n) is 5.87. The van der Waals surface area contributed by atoms with Crippen LogP contribution in [0.1, 0.15) is 46.9 Å². The number of amides is 2. The lowest BCUT2D eigenvalue weighted by atomic mass is 9.97. The Kier molecular flexibility index (Phi) is 5.53. The maximum atomic E-state index is 13.0. The summed E-state index contributed by atoms with van der Waals surface area (Å²) in [7, 11) is 3.12. The third kappa shape index (κ3) is 3.44. The van der Waals surface area contributed by atoms with Gasteiger partial charge >= 0.3 is 0 Å². The molecule has 0 unspecified atom stereocenters. The smallest absolute Gasteiger partial charge is 0.257 e. The molecule has 1 atom stereocenters. The second kappa shape index (κ2) is 8.26. The van der Waals surface area contributed by atoms with Crippen molar-refractivity contribution in [3.05, 3.63) is 47.5 Å². The van der Waals surface area contributed by atoms with Gasteiger partial charge < -0.3 is 24.6 Å². The third-order valence-corrected chi connectivity index (χ3v) is 5.87. The summed E-state index contributed by atoms with van der Waals surface area (Å²) in [5.74, 6) is 0.963. The number of nitrogens with zero attached hydrogens (tertiary/aromatic N) is 2. The molecule has 7 heteroatoms. The van der Waals surface area contributed by atoms with E-state index in [1.165, 1.54) is 0 Å². The Morgan fingerprint density at radius 1 is 1.10 bits per heavy atom. The molecule has 1 N–H and O–H groups in total. The summed E-state index contributed by atoms with van der Waals surface area (Å²) in [5, 5.41) is 2.90. The molecule has 2 heterocycles. The lowest BCUT2D eigenvalue weighted by molar-refractivity contribution is 0.0582. The number of nitrogens with one attached hydrogen (secondary N) is 1. The van der Waals surface area contributed by atoms with Crippen molar-refractivity contribution in [1.29, 1.82) is 0 Å². The molecular weight excluding hydrogens is 382 g/mol. The molecule has 1 fully saturated rings. The Balaban J connectivity index is 1.62. The van der Waals surface area contributed by atoms with Crippen LogP contribution in [0.3, 0.4) is 0 Å². The van der Waals surface area contributed by atoms with Gasteiger partial charge in [-0.25, -0.2) is 0 Å². The van der Waals surface area contributed by atoms with Crippen LogP contribution in [0.15, 0.2) is 36.4 Å². The molecule has 4 rings (SSSR count). The molecule has 1 saturated heterocycles. The summed E-state index contributed by atoms with van der Waals surface area (Å²) in [6.45, 7) is 3.66. The number of benzene rings is 2. The number of carbonyl (C=O) groups is 2. The summed E-state index contributed by atoms with van der Waals surface area (Å²) in [6, 6.07) is 10.5. The average Bonchev–Trinajstić information content (AvgIpc) is 2.79. The molecule has 0 saturated carbocycles. The minimum atomic E-state index is -0.236. The molecule has 0 spiro atoms. The molecule has 2 aromatic carbocycles. The van der Waals surface area contributed by atoms with Crippen LogP contribution in [-0.4, -0.2) is 50.2 Å². The first kappa shape index (κ1) is 20.1. The van der Waals surface area contributed by atoms with E-state index in [0.717, 1.165) is 38.0 Å². The van der Waals surface area contributed by atoms with Gasteiger partial charge in [0.1, 0.15) is 6.17 Å². The van der Waals surface area contributed by atoms with Gasteiger partial charge in [-0.05, 0) is 56.5 Å². The van der Waals surface area contributed by atoms with Gasteiger partial charge in [-0.3, -0.25) is 9.59 Å². The highest BCUT2D eigenvalue weighted by Gasteiger charge is 2.38. The normalized spacial score (nSPS) is 17.8. The first-order chi connectivity index (χ1) is 14.6. The quantitative estimate of drug-likeness (QED) is 0.814. The van der Waals surface area contributed by atoms with Crippen LogP contribution >= 0.6 is 0 Å². The predicted molar refractivity (Wildman–Crippen MR) is 116 cm³/mol. The van der Waals surface area contributed by atoms with Crippen molar-refractivity contribution in [1.82, 2.24) is 4.90 Å². The number of methoxy groups -OCH3 is 2. The fourth-order valence-corrected chi connectivity index (χ4v) is 4.38. The molecule has 0 aliphatic carbocycles. The summed E-state index contributed by atoms with van der Waals surface area (Å²) in [5.41, 5.74) is 2.62. The Morgan fingerprint density at radius 2 is 1.90 bits per heavy atom. The summed E-state index contributed by atoms with van der Waals surface area (Å²) >= 11 is 0. The maximum absolute atomic E-state index is 13.0. The molecule has 2 aliphatic heterocycles. The van der Waals surface area contributed by atoms with Crippen LogP contribution < -0.4 is 19.7 Å². The molecule has 2 aliphatic rings. The van der Waals surface area contributed by atoms with E-state index in [1.54, 1.807) is 44.6 Å². The average molecular weight is 409 g/mol. The zero-order valence-electron chi connectivity index (χ0n) is 17.6. The summed E-state index contributed by atoms with van der Waals surface area (Å²) in [6.07, 6.45) is 3.19. The number of anilines is 2. The topological polar surface area (TPSA) is 71.1 Å². The van der Waals surface area contributed by atoms with Crippen molar-refractivity contribution in [3.8, 4) is 11.5 Å². The molecular formula is C23H27N3O4.